The summed E-state index contributed by atoms with van der Waals surface area (Å²) in [7, 11) is 3.01. The smallest absolute Gasteiger partial charge is 0.169 e. The molecule has 30 heavy (non-hydrogen) atoms. The average Bonchev–Trinajstić information content (AvgIpc) is 2.78. The molecule has 0 N–H and O–H groups in total. The van der Waals surface area contributed by atoms with E-state index in [1.807, 2.05) is 0 Å². The third-order valence-corrected chi connectivity index (χ3v) is 4.45. The summed E-state index contributed by atoms with van der Waals surface area (Å²) < 4.78 is 67.8. The first-order valence-corrected chi connectivity index (χ1v) is 8.94. The van der Waals surface area contributed by atoms with Crippen LogP contribution in [0.5, 0.6) is 11.5 Å². The van der Waals surface area contributed by atoms with Gasteiger partial charge >= 0.3 is 0 Å². The van der Waals surface area contributed by atoms with Crippen LogP contribution in [-0.4, -0.2) is 14.2 Å². The van der Waals surface area contributed by atoms with Crippen LogP contribution in [0.4, 0.5) is 17.6 Å². The Labute approximate surface area is 171 Å². The van der Waals surface area contributed by atoms with Crippen LogP contribution in [0.25, 0.3) is 24.3 Å². The van der Waals surface area contributed by atoms with Gasteiger partial charge in [-0.3, -0.25) is 0 Å². The molecule has 0 heterocycles. The fourth-order valence-corrected chi connectivity index (χ4v) is 2.75. The van der Waals surface area contributed by atoms with E-state index in [0.717, 1.165) is 12.2 Å². The Morgan fingerprint density at radius 3 is 1.07 bits per heavy atom. The van der Waals surface area contributed by atoms with Crippen LogP contribution in [0.3, 0.4) is 0 Å². The van der Waals surface area contributed by atoms with E-state index in [1.54, 1.807) is 48.5 Å². The van der Waals surface area contributed by atoms with Crippen molar-refractivity contribution in [1.82, 2.24) is 0 Å². The molecule has 0 spiro atoms. The zero-order valence-corrected chi connectivity index (χ0v) is 16.3. The highest BCUT2D eigenvalue weighted by Gasteiger charge is 2.22. The Bertz CT molecular complexity index is 968. The molecule has 6 heteroatoms. The number of benzene rings is 3. The summed E-state index contributed by atoms with van der Waals surface area (Å²) >= 11 is 0. The largest absolute Gasteiger partial charge is 0.497 e. The van der Waals surface area contributed by atoms with Gasteiger partial charge in [-0.25, -0.2) is 17.6 Å². The molecule has 0 saturated heterocycles. The average molecular weight is 414 g/mol. The Balaban J connectivity index is 1.92. The molecule has 0 fully saturated rings. The van der Waals surface area contributed by atoms with Gasteiger partial charge in [0.15, 0.2) is 23.3 Å². The molecular formula is C24H18F4O2. The van der Waals surface area contributed by atoms with Crippen LogP contribution in [-0.2, 0) is 0 Å². The number of ether oxygens (including phenoxy) is 2. The lowest BCUT2D eigenvalue weighted by atomic mass is 10.0. The molecule has 0 amide bonds. The zero-order chi connectivity index (χ0) is 21.7. The van der Waals surface area contributed by atoms with Gasteiger partial charge in [-0.15, -0.1) is 0 Å². The molecule has 3 aromatic carbocycles. The summed E-state index contributed by atoms with van der Waals surface area (Å²) in [5, 5.41) is 0. The lowest BCUT2D eigenvalue weighted by Gasteiger charge is -2.07. The highest BCUT2D eigenvalue weighted by Crippen LogP contribution is 2.27. The van der Waals surface area contributed by atoms with Crippen LogP contribution in [0.15, 0.2) is 48.5 Å². The van der Waals surface area contributed by atoms with Gasteiger partial charge in [-0.05, 0) is 47.5 Å². The van der Waals surface area contributed by atoms with Gasteiger partial charge in [0, 0.05) is 0 Å². The topological polar surface area (TPSA) is 18.5 Å². The standard InChI is InChI=1S/C24H18F4O2/c1-29-17-9-3-15(4-10-17)7-13-19-21(25)23(27)20(24(28)22(19)26)14-8-16-5-11-18(30-2)12-6-16/h3-14H,1-2H3/b13-7+,14-8+. The van der Waals surface area contributed by atoms with Crippen LogP contribution >= 0.6 is 0 Å². The van der Waals surface area contributed by atoms with Crippen LogP contribution in [0, 0.1) is 23.3 Å². The monoisotopic (exact) mass is 414 g/mol. The van der Waals surface area contributed by atoms with Crippen LogP contribution in [0.1, 0.15) is 22.3 Å². The number of methoxy groups -OCH3 is 2. The van der Waals surface area contributed by atoms with E-state index < -0.39 is 34.4 Å². The first kappa shape index (κ1) is 21.2. The van der Waals surface area contributed by atoms with Crippen LogP contribution in [0.2, 0.25) is 0 Å². The highest BCUT2D eigenvalue weighted by molar-refractivity contribution is 5.74. The van der Waals surface area contributed by atoms with Crippen molar-refractivity contribution in [3.63, 3.8) is 0 Å². The normalized spacial score (nSPS) is 11.4. The van der Waals surface area contributed by atoms with E-state index in [1.165, 1.54) is 26.4 Å². The summed E-state index contributed by atoms with van der Waals surface area (Å²) in [5.74, 6) is -4.65. The first-order chi connectivity index (χ1) is 14.4. The summed E-state index contributed by atoms with van der Waals surface area (Å²) in [6.07, 6.45) is 4.70. The van der Waals surface area contributed by atoms with Crippen molar-refractivity contribution < 1.29 is 27.0 Å². The minimum absolute atomic E-state index is 0.582. The Kier molecular flexibility index (Phi) is 6.57. The minimum atomic E-state index is -1.46. The van der Waals surface area contributed by atoms with E-state index >= 15 is 0 Å². The van der Waals surface area contributed by atoms with Crippen molar-refractivity contribution in [3.05, 3.63) is 94.1 Å². The number of hydrogen-bond acceptors (Lipinski definition) is 2. The molecule has 0 atom stereocenters. The van der Waals surface area contributed by atoms with Crippen molar-refractivity contribution in [1.29, 1.82) is 0 Å². The molecule has 0 radical (unpaired) electrons. The molecule has 0 aromatic heterocycles. The zero-order valence-electron chi connectivity index (χ0n) is 16.3. The Morgan fingerprint density at radius 2 is 0.800 bits per heavy atom. The van der Waals surface area contributed by atoms with Crippen molar-refractivity contribution in [2.24, 2.45) is 0 Å². The Hall–Kier alpha value is -3.54. The van der Waals surface area contributed by atoms with Crippen molar-refractivity contribution >= 4 is 24.3 Å². The molecular weight excluding hydrogens is 396 g/mol. The molecule has 0 aliphatic carbocycles. The fraction of sp³-hybridized carbons (Fsp3) is 0.0833. The van der Waals surface area contributed by atoms with Crippen molar-refractivity contribution in [2.75, 3.05) is 14.2 Å². The SMILES string of the molecule is COc1ccc(/C=C/c2c(F)c(F)c(/C=C/c3ccc(OC)cc3)c(F)c2F)cc1. The third kappa shape index (κ3) is 4.54. The second-order valence-electron chi connectivity index (χ2n) is 6.30. The van der Waals surface area contributed by atoms with Gasteiger partial charge < -0.3 is 9.47 Å². The van der Waals surface area contributed by atoms with Gasteiger partial charge in [0.1, 0.15) is 11.5 Å². The molecule has 0 saturated carbocycles. The van der Waals surface area contributed by atoms with Gasteiger partial charge in [-0.1, -0.05) is 36.4 Å². The molecule has 154 valence electrons. The van der Waals surface area contributed by atoms with Crippen molar-refractivity contribution in [3.8, 4) is 11.5 Å². The van der Waals surface area contributed by atoms with Crippen LogP contribution < -0.4 is 9.47 Å². The quantitative estimate of drug-likeness (QED) is 0.257. The maximum Gasteiger partial charge on any atom is 0.169 e. The number of hydrogen-bond donors (Lipinski definition) is 0. The molecule has 3 aromatic rings. The number of rotatable bonds is 6. The van der Waals surface area contributed by atoms with Gasteiger partial charge in [0.05, 0.1) is 25.3 Å². The second kappa shape index (κ2) is 9.31. The molecule has 2 nitrogen and oxygen atoms in total. The summed E-state index contributed by atoms with van der Waals surface area (Å²) in [6.45, 7) is 0. The summed E-state index contributed by atoms with van der Waals surface area (Å²) in [5.41, 5.74) is -0.414. The maximum atomic E-state index is 14.4. The van der Waals surface area contributed by atoms with Crippen molar-refractivity contribution in [2.45, 2.75) is 0 Å². The van der Waals surface area contributed by atoms with E-state index in [4.69, 9.17) is 9.47 Å². The molecule has 0 unspecified atom stereocenters. The predicted molar refractivity (Wildman–Crippen MR) is 110 cm³/mol. The fourth-order valence-electron chi connectivity index (χ4n) is 2.75. The second-order valence-corrected chi connectivity index (χ2v) is 6.30. The summed E-state index contributed by atoms with van der Waals surface area (Å²) in [4.78, 5) is 0. The molecule has 0 bridgehead atoms. The number of halogens is 4. The van der Waals surface area contributed by atoms with Gasteiger partial charge in [-0.2, -0.15) is 0 Å². The minimum Gasteiger partial charge on any atom is -0.497 e. The Morgan fingerprint density at radius 1 is 0.500 bits per heavy atom. The summed E-state index contributed by atoms with van der Waals surface area (Å²) in [6, 6.07) is 13.2. The molecule has 0 aliphatic heterocycles. The van der Waals surface area contributed by atoms with Gasteiger partial charge in [0.2, 0.25) is 0 Å². The maximum absolute atomic E-state index is 14.4. The first-order valence-electron chi connectivity index (χ1n) is 8.94. The molecule has 0 aliphatic rings. The predicted octanol–water partition coefficient (Wildman–Crippen LogP) is 6.60. The highest BCUT2D eigenvalue weighted by atomic mass is 19.2. The van der Waals surface area contributed by atoms with Gasteiger partial charge in [0.25, 0.3) is 0 Å². The third-order valence-electron chi connectivity index (χ3n) is 4.45. The van der Waals surface area contributed by atoms with E-state index in [-0.39, 0.29) is 0 Å². The molecule has 3 rings (SSSR count). The lowest BCUT2D eigenvalue weighted by Crippen LogP contribution is -2.03. The lowest BCUT2D eigenvalue weighted by molar-refractivity contribution is 0.414. The van der Waals surface area contributed by atoms with E-state index in [2.05, 4.69) is 0 Å². The van der Waals surface area contributed by atoms with E-state index in [9.17, 15) is 17.6 Å². The van der Waals surface area contributed by atoms with E-state index in [0.29, 0.717) is 22.6 Å².